The van der Waals surface area contributed by atoms with Crippen molar-refractivity contribution in [3.63, 3.8) is 0 Å². The van der Waals surface area contributed by atoms with Crippen molar-refractivity contribution in [3.05, 3.63) is 24.2 Å². The van der Waals surface area contributed by atoms with E-state index in [1.807, 2.05) is 13.8 Å². The molecule has 10 atom stereocenters. The lowest BCUT2D eigenvalue weighted by Crippen LogP contribution is -2.63. The molecule has 11 nitrogen and oxygen atoms in total. The van der Waals surface area contributed by atoms with E-state index in [-0.39, 0.29) is 31.5 Å². The van der Waals surface area contributed by atoms with E-state index in [0.717, 1.165) is 0 Å². The molecule has 2 bridgehead atoms. The van der Waals surface area contributed by atoms with E-state index in [4.69, 9.17) is 23.4 Å². The Labute approximate surface area is 250 Å². The second kappa shape index (κ2) is 10.4. The van der Waals surface area contributed by atoms with Crippen LogP contribution >= 0.6 is 0 Å². The van der Waals surface area contributed by atoms with Crippen molar-refractivity contribution < 1.29 is 52.1 Å². The number of ketones is 2. The first-order chi connectivity index (χ1) is 20.1. The van der Waals surface area contributed by atoms with Gasteiger partial charge >= 0.3 is 17.9 Å². The van der Waals surface area contributed by atoms with Gasteiger partial charge < -0.3 is 23.4 Å². The van der Waals surface area contributed by atoms with Crippen molar-refractivity contribution in [2.75, 3.05) is 7.11 Å². The van der Waals surface area contributed by atoms with Gasteiger partial charge in [0.2, 0.25) is 0 Å². The third kappa shape index (κ3) is 4.32. The van der Waals surface area contributed by atoms with Crippen molar-refractivity contribution in [1.29, 1.82) is 0 Å². The minimum atomic E-state index is -1.79. The van der Waals surface area contributed by atoms with Crippen LogP contribution in [0.1, 0.15) is 78.9 Å². The lowest BCUT2D eigenvalue weighted by molar-refractivity contribution is -0.195. The zero-order valence-electron chi connectivity index (χ0n) is 25.7. The highest BCUT2D eigenvalue weighted by Crippen LogP contribution is 2.69. The molecular weight excluding hydrogens is 560 g/mol. The second-order valence-electron chi connectivity index (χ2n) is 13.7. The summed E-state index contributed by atoms with van der Waals surface area (Å²) in [6, 6.07) is 1.62. The van der Waals surface area contributed by atoms with Crippen molar-refractivity contribution in [3.8, 4) is 0 Å². The number of esters is 3. The Morgan fingerprint density at radius 3 is 2.37 bits per heavy atom. The lowest BCUT2D eigenvalue weighted by Gasteiger charge is -2.58. The molecule has 1 aromatic heterocycles. The lowest BCUT2D eigenvalue weighted by atomic mass is 9.43. The summed E-state index contributed by atoms with van der Waals surface area (Å²) in [7, 11) is 1.27. The number of hydrogen-bond acceptors (Lipinski definition) is 11. The van der Waals surface area contributed by atoms with Gasteiger partial charge in [-0.15, -0.1) is 0 Å². The van der Waals surface area contributed by atoms with Gasteiger partial charge in [0.1, 0.15) is 23.6 Å². The van der Waals surface area contributed by atoms with Crippen molar-refractivity contribution in [1.82, 2.24) is 0 Å². The molecule has 4 fully saturated rings. The molecule has 2 saturated carbocycles. The van der Waals surface area contributed by atoms with Crippen LogP contribution in [0.2, 0.25) is 0 Å². The third-order valence-corrected chi connectivity index (χ3v) is 11.1. The van der Waals surface area contributed by atoms with E-state index in [9.17, 15) is 28.8 Å². The van der Waals surface area contributed by atoms with Crippen LogP contribution in [-0.2, 0) is 47.7 Å². The first-order valence-corrected chi connectivity index (χ1v) is 14.8. The van der Waals surface area contributed by atoms with E-state index >= 15 is 0 Å². The smallest absolute Gasteiger partial charge is 0.335 e. The minimum Gasteiger partial charge on any atom is -0.472 e. The number of carbonyl (C=O) groups excluding carboxylic acids is 6. The molecular formula is C32H40O11. The largest absolute Gasteiger partial charge is 0.472 e. The Bertz CT molecular complexity index is 1350. The molecule has 0 N–H and O–H groups in total. The van der Waals surface area contributed by atoms with Crippen LogP contribution in [0.25, 0.3) is 0 Å². The Kier molecular flexibility index (Phi) is 7.51. The highest BCUT2D eigenvalue weighted by Gasteiger charge is 2.75. The summed E-state index contributed by atoms with van der Waals surface area (Å²) in [5.74, 6) is -6.14. The normalized spacial score (nSPS) is 40.3. The van der Waals surface area contributed by atoms with Crippen LogP contribution < -0.4 is 0 Å². The van der Waals surface area contributed by atoms with Crippen LogP contribution in [0.15, 0.2) is 23.0 Å². The van der Waals surface area contributed by atoms with E-state index in [1.165, 1.54) is 26.6 Å². The Hall–Kier alpha value is -3.34. The molecule has 2 aliphatic heterocycles. The average Bonchev–Trinajstić information content (AvgIpc) is 3.63. The molecule has 5 rings (SSSR count). The van der Waals surface area contributed by atoms with Crippen LogP contribution in [0.3, 0.4) is 0 Å². The summed E-state index contributed by atoms with van der Waals surface area (Å²) in [6.07, 6.45) is 0.975. The Balaban J connectivity index is 1.74. The fourth-order valence-electron chi connectivity index (χ4n) is 9.28. The van der Waals surface area contributed by atoms with Gasteiger partial charge in [0.25, 0.3) is 0 Å². The highest BCUT2D eigenvalue weighted by atomic mass is 16.6. The highest BCUT2D eigenvalue weighted by molar-refractivity contribution is 6.02. The van der Waals surface area contributed by atoms with Crippen LogP contribution in [-0.4, -0.2) is 60.7 Å². The maximum absolute atomic E-state index is 14.2. The summed E-state index contributed by atoms with van der Waals surface area (Å²) in [4.78, 5) is 79.8. The molecule has 3 heterocycles. The number of hydrogen-bond donors (Lipinski definition) is 0. The zero-order chi connectivity index (χ0) is 31.7. The molecule has 1 aromatic rings. The summed E-state index contributed by atoms with van der Waals surface area (Å²) in [5.41, 5.74) is -4.47. The van der Waals surface area contributed by atoms with Gasteiger partial charge in [0.05, 0.1) is 25.7 Å². The first kappa shape index (κ1) is 31.1. The first-order valence-electron chi connectivity index (χ1n) is 14.8. The molecule has 43 heavy (non-hydrogen) atoms. The summed E-state index contributed by atoms with van der Waals surface area (Å²) in [5, 5.41) is 0. The van der Waals surface area contributed by atoms with E-state index in [1.54, 1.807) is 26.8 Å². The van der Waals surface area contributed by atoms with Gasteiger partial charge in [-0.1, -0.05) is 34.6 Å². The zero-order valence-corrected chi connectivity index (χ0v) is 25.7. The van der Waals surface area contributed by atoms with E-state index in [0.29, 0.717) is 11.8 Å². The fraction of sp³-hybridized carbons (Fsp3) is 0.688. The van der Waals surface area contributed by atoms with Crippen molar-refractivity contribution >= 4 is 35.8 Å². The SMILES string of the molecule is CCC(=O)[C@@H]1C(=O)O[C@]2(C=O)CC([C@@]3(C)C(=O)C[C@@H]4O[C@H](C(=O)OC)[C@H]3C4(C)C)C[C@@](C)([C@@H](OC(C)=O)c3ccoc3)[C@H]12. The standard InChI is InChI=1S/C32H40O11/c1-8-19(35)22-24-30(5,26(41-16(2)34)17-9-10-40-14-17)12-18(13-32(24,15-33)43-27(22)37)31(6)20(36)11-21-29(3,4)25(31)23(42-21)28(38)39-7/h9-10,14-15,18,21-26H,8,11-13H2,1-7H3/t18?,21-,22-,23-,24-,25-,26-,30+,31-,32-/m0/s1. The maximum Gasteiger partial charge on any atom is 0.335 e. The number of ether oxygens (including phenoxy) is 4. The quantitative estimate of drug-likeness (QED) is 0.186. The molecule has 234 valence electrons. The van der Waals surface area contributed by atoms with Gasteiger partial charge in [-0.05, 0) is 30.2 Å². The predicted molar refractivity (Wildman–Crippen MR) is 147 cm³/mol. The average molecular weight is 601 g/mol. The molecule has 0 amide bonds. The molecule has 11 heteroatoms. The number of fused-ring (bicyclic) bond motifs is 3. The number of aldehydes is 1. The summed E-state index contributed by atoms with van der Waals surface area (Å²) >= 11 is 0. The molecule has 4 aliphatic rings. The van der Waals surface area contributed by atoms with Gasteiger partial charge in [0, 0.05) is 48.0 Å². The molecule has 2 saturated heterocycles. The van der Waals surface area contributed by atoms with E-state index < -0.39 is 87.5 Å². The Morgan fingerprint density at radius 1 is 1.12 bits per heavy atom. The van der Waals surface area contributed by atoms with Gasteiger partial charge in [-0.25, -0.2) is 4.79 Å². The van der Waals surface area contributed by atoms with Crippen LogP contribution in [0.4, 0.5) is 0 Å². The third-order valence-electron chi connectivity index (χ3n) is 11.1. The van der Waals surface area contributed by atoms with Gasteiger partial charge in [0.15, 0.2) is 18.0 Å². The molecule has 0 aromatic carbocycles. The van der Waals surface area contributed by atoms with E-state index in [2.05, 4.69) is 0 Å². The fourth-order valence-corrected chi connectivity index (χ4v) is 9.28. The molecule has 1 unspecified atom stereocenters. The van der Waals surface area contributed by atoms with Crippen LogP contribution in [0.5, 0.6) is 0 Å². The second-order valence-corrected chi connectivity index (χ2v) is 13.7. The van der Waals surface area contributed by atoms with Gasteiger partial charge in [-0.3, -0.25) is 24.0 Å². The van der Waals surface area contributed by atoms with Crippen molar-refractivity contribution in [2.24, 2.45) is 39.9 Å². The minimum absolute atomic E-state index is 0.0284. The maximum atomic E-state index is 14.2. The number of furan rings is 1. The van der Waals surface area contributed by atoms with Crippen molar-refractivity contribution in [2.45, 2.75) is 91.1 Å². The molecule has 0 spiro atoms. The van der Waals surface area contributed by atoms with Crippen LogP contribution in [0, 0.1) is 39.9 Å². The number of methoxy groups -OCH3 is 1. The summed E-state index contributed by atoms with van der Waals surface area (Å²) < 4.78 is 28.4. The number of Topliss-reactive ketones (excluding diaryl/α,β-unsaturated/α-hetero) is 2. The van der Waals surface area contributed by atoms with Gasteiger partial charge in [-0.2, -0.15) is 0 Å². The monoisotopic (exact) mass is 600 g/mol. The number of rotatable bonds is 8. The Morgan fingerprint density at radius 2 is 1.81 bits per heavy atom. The molecule has 2 aliphatic carbocycles. The topological polar surface area (TPSA) is 152 Å². The molecule has 0 radical (unpaired) electrons. The summed E-state index contributed by atoms with van der Waals surface area (Å²) in [6.45, 7) is 10.3. The number of carbonyl (C=O) groups is 6. The predicted octanol–water partition coefficient (Wildman–Crippen LogP) is 3.57.